The Morgan fingerprint density at radius 1 is 0.857 bits per heavy atom. The first-order valence-corrected chi connectivity index (χ1v) is 8.46. The minimum absolute atomic E-state index is 0.0186. The van der Waals surface area contributed by atoms with Crippen molar-refractivity contribution >= 4 is 11.9 Å². The van der Waals surface area contributed by atoms with Crippen LogP contribution in [0.3, 0.4) is 0 Å². The Labute approximate surface area is 163 Å². The van der Waals surface area contributed by atoms with Crippen molar-refractivity contribution in [2.75, 3.05) is 46.2 Å². The molecule has 0 aromatic heterocycles. The largest absolute Gasteiger partial charge is 0.478 e. The number of carboxylic acids is 2. The van der Waals surface area contributed by atoms with E-state index in [4.69, 9.17) is 35.7 Å². The van der Waals surface area contributed by atoms with Gasteiger partial charge in [0, 0.05) is 5.41 Å². The fraction of sp³-hybridized carbons (Fsp3) is 0.556. The van der Waals surface area contributed by atoms with E-state index in [1.165, 1.54) is 18.2 Å². The van der Waals surface area contributed by atoms with Crippen molar-refractivity contribution in [1.29, 1.82) is 0 Å². The van der Waals surface area contributed by atoms with E-state index >= 15 is 0 Å². The van der Waals surface area contributed by atoms with Gasteiger partial charge in [-0.05, 0) is 24.6 Å². The second-order valence-electron chi connectivity index (χ2n) is 5.58. The molecule has 162 valence electrons. The predicted octanol–water partition coefficient (Wildman–Crippen LogP) is -0.570. The summed E-state index contributed by atoms with van der Waals surface area (Å²) in [4.78, 5) is 20.8. The smallest absolute Gasteiger partial charge is 0.335 e. The van der Waals surface area contributed by atoms with E-state index in [1.54, 1.807) is 0 Å². The summed E-state index contributed by atoms with van der Waals surface area (Å²) in [6, 6.07) is 5.20. The SMILES string of the molecule is CCC(CO)(CO)CO.O=C(O)c1cccc(C(=O)O)c1.OCCOCCO. The molecule has 0 aliphatic carbocycles. The molecule has 0 spiro atoms. The fourth-order valence-corrected chi connectivity index (χ4v) is 1.50. The first-order chi connectivity index (χ1) is 13.3. The van der Waals surface area contributed by atoms with E-state index in [1.807, 2.05) is 6.92 Å². The summed E-state index contributed by atoms with van der Waals surface area (Å²) in [5.41, 5.74) is -0.704. The zero-order valence-electron chi connectivity index (χ0n) is 15.8. The quantitative estimate of drug-likeness (QED) is 0.248. The van der Waals surface area contributed by atoms with Gasteiger partial charge >= 0.3 is 11.9 Å². The summed E-state index contributed by atoms with van der Waals surface area (Å²) in [6.45, 7) is 2.05. The molecule has 0 fully saturated rings. The molecule has 7 N–H and O–H groups in total. The van der Waals surface area contributed by atoms with Crippen LogP contribution in [0.15, 0.2) is 24.3 Å². The molecular formula is C18H30O10. The van der Waals surface area contributed by atoms with Gasteiger partial charge in [-0.1, -0.05) is 13.0 Å². The lowest BCUT2D eigenvalue weighted by molar-refractivity contribution is 0.00303. The number of aromatic carboxylic acids is 2. The molecule has 0 bridgehead atoms. The van der Waals surface area contributed by atoms with Crippen LogP contribution in [-0.2, 0) is 4.74 Å². The number of hydrogen-bond acceptors (Lipinski definition) is 8. The zero-order chi connectivity index (χ0) is 22.0. The Morgan fingerprint density at radius 2 is 1.25 bits per heavy atom. The molecule has 28 heavy (non-hydrogen) atoms. The Bertz CT molecular complexity index is 492. The van der Waals surface area contributed by atoms with Crippen LogP contribution in [0.25, 0.3) is 0 Å². The number of hydrogen-bond donors (Lipinski definition) is 7. The molecule has 0 aliphatic heterocycles. The van der Waals surface area contributed by atoms with Gasteiger partial charge in [0.1, 0.15) is 0 Å². The Morgan fingerprint density at radius 3 is 1.46 bits per heavy atom. The lowest BCUT2D eigenvalue weighted by Crippen LogP contribution is -2.32. The van der Waals surface area contributed by atoms with Crippen LogP contribution in [-0.4, -0.2) is 93.9 Å². The average molecular weight is 406 g/mol. The first kappa shape index (κ1) is 28.1. The maximum Gasteiger partial charge on any atom is 0.335 e. The van der Waals surface area contributed by atoms with Crippen LogP contribution in [0, 0.1) is 5.41 Å². The van der Waals surface area contributed by atoms with E-state index in [9.17, 15) is 9.59 Å². The molecule has 0 amide bonds. The molecule has 0 unspecified atom stereocenters. The molecular weight excluding hydrogens is 376 g/mol. The van der Waals surface area contributed by atoms with Crippen LogP contribution in [0.1, 0.15) is 34.1 Å². The second-order valence-corrected chi connectivity index (χ2v) is 5.58. The standard InChI is InChI=1S/C8H6O4.C6H14O3.C4H10O3/c9-7(10)5-2-1-3-6(4-5)8(11)12;1-2-6(3-7,4-8)5-9;5-1-3-7-4-2-6/h1-4H,(H,9,10)(H,11,12);7-9H,2-5H2,1H3;5-6H,1-4H2. The van der Waals surface area contributed by atoms with Crippen LogP contribution < -0.4 is 0 Å². The normalized spacial score (nSPS) is 10.2. The van der Waals surface area contributed by atoms with Crippen LogP contribution in [0.2, 0.25) is 0 Å². The number of carbonyl (C=O) groups is 2. The minimum Gasteiger partial charge on any atom is -0.478 e. The van der Waals surface area contributed by atoms with Crippen LogP contribution >= 0.6 is 0 Å². The summed E-state index contributed by atoms with van der Waals surface area (Å²) in [7, 11) is 0. The van der Waals surface area contributed by atoms with Gasteiger partial charge in [-0.2, -0.15) is 0 Å². The summed E-state index contributed by atoms with van der Waals surface area (Å²) < 4.78 is 4.63. The first-order valence-electron chi connectivity index (χ1n) is 8.46. The number of benzene rings is 1. The zero-order valence-corrected chi connectivity index (χ0v) is 15.8. The summed E-state index contributed by atoms with van der Waals surface area (Å²) in [5.74, 6) is -2.25. The van der Waals surface area contributed by atoms with E-state index in [2.05, 4.69) is 4.74 Å². The van der Waals surface area contributed by atoms with Gasteiger partial charge in [-0.3, -0.25) is 0 Å². The highest BCUT2D eigenvalue weighted by Crippen LogP contribution is 2.18. The average Bonchev–Trinajstić information content (AvgIpc) is 2.71. The van der Waals surface area contributed by atoms with Crippen LogP contribution in [0.4, 0.5) is 0 Å². The summed E-state index contributed by atoms with van der Waals surface area (Å²) in [6.07, 6.45) is 0.594. The third-order valence-electron chi connectivity index (χ3n) is 3.58. The van der Waals surface area contributed by atoms with Gasteiger partial charge < -0.3 is 40.5 Å². The maximum absolute atomic E-state index is 10.4. The predicted molar refractivity (Wildman–Crippen MR) is 99.3 cm³/mol. The number of carboxylic acid groups (broad SMARTS) is 2. The van der Waals surface area contributed by atoms with Gasteiger partial charge in [0.2, 0.25) is 0 Å². The molecule has 10 heteroatoms. The molecule has 1 rings (SSSR count). The Hall–Kier alpha value is -2.08. The molecule has 1 aromatic rings. The van der Waals surface area contributed by atoms with Gasteiger partial charge in [-0.25, -0.2) is 9.59 Å². The molecule has 0 saturated carbocycles. The molecule has 0 atom stereocenters. The third-order valence-corrected chi connectivity index (χ3v) is 3.58. The monoisotopic (exact) mass is 406 g/mol. The lowest BCUT2D eigenvalue weighted by Gasteiger charge is -2.24. The fourth-order valence-electron chi connectivity index (χ4n) is 1.50. The number of aliphatic hydroxyl groups excluding tert-OH is 5. The molecule has 0 heterocycles. The highest BCUT2D eigenvalue weighted by Gasteiger charge is 2.24. The van der Waals surface area contributed by atoms with E-state index in [0.29, 0.717) is 19.6 Å². The molecule has 0 aliphatic rings. The topological polar surface area (TPSA) is 185 Å². The summed E-state index contributed by atoms with van der Waals surface area (Å²) in [5, 5.41) is 59.1. The van der Waals surface area contributed by atoms with Crippen molar-refractivity contribution < 1.29 is 50.1 Å². The molecule has 10 nitrogen and oxygen atoms in total. The highest BCUT2D eigenvalue weighted by atomic mass is 16.5. The van der Waals surface area contributed by atoms with Gasteiger partial charge in [0.15, 0.2) is 0 Å². The summed E-state index contributed by atoms with van der Waals surface area (Å²) >= 11 is 0. The maximum atomic E-state index is 10.4. The van der Waals surface area contributed by atoms with Crippen molar-refractivity contribution in [2.45, 2.75) is 13.3 Å². The minimum atomic E-state index is -1.13. The number of rotatable bonds is 10. The third kappa shape index (κ3) is 12.3. The highest BCUT2D eigenvalue weighted by molar-refractivity contribution is 5.93. The van der Waals surface area contributed by atoms with Gasteiger partial charge in [0.05, 0.1) is 57.4 Å². The van der Waals surface area contributed by atoms with Crippen molar-refractivity contribution in [2.24, 2.45) is 5.41 Å². The Balaban J connectivity index is 0. The van der Waals surface area contributed by atoms with Gasteiger partial charge in [-0.15, -0.1) is 0 Å². The number of ether oxygens (including phenoxy) is 1. The van der Waals surface area contributed by atoms with Crippen molar-refractivity contribution in [1.82, 2.24) is 0 Å². The van der Waals surface area contributed by atoms with Crippen molar-refractivity contribution in [3.05, 3.63) is 35.4 Å². The van der Waals surface area contributed by atoms with E-state index in [-0.39, 0.29) is 44.2 Å². The van der Waals surface area contributed by atoms with E-state index in [0.717, 1.165) is 6.07 Å². The second kappa shape index (κ2) is 17.0. The van der Waals surface area contributed by atoms with Crippen molar-refractivity contribution in [3.63, 3.8) is 0 Å². The number of aliphatic hydroxyl groups is 5. The Kier molecular flexibility index (Phi) is 17.1. The van der Waals surface area contributed by atoms with E-state index < -0.39 is 17.4 Å². The lowest BCUT2D eigenvalue weighted by atomic mass is 9.88. The van der Waals surface area contributed by atoms with Gasteiger partial charge in [0.25, 0.3) is 0 Å². The molecule has 0 radical (unpaired) electrons. The van der Waals surface area contributed by atoms with Crippen LogP contribution in [0.5, 0.6) is 0 Å². The van der Waals surface area contributed by atoms with Crippen molar-refractivity contribution in [3.8, 4) is 0 Å². The molecule has 1 aromatic carbocycles. The molecule has 0 saturated heterocycles.